The third-order valence-electron chi connectivity index (χ3n) is 4.04. The predicted octanol–water partition coefficient (Wildman–Crippen LogP) is 3.45. The Hall–Kier alpha value is -2.82. The maximum Gasteiger partial charge on any atom is 0.306 e. The first-order valence-corrected chi connectivity index (χ1v) is 8.14. The van der Waals surface area contributed by atoms with Crippen molar-refractivity contribution in [1.82, 2.24) is 0 Å². The van der Waals surface area contributed by atoms with Gasteiger partial charge in [0.15, 0.2) is 0 Å². The summed E-state index contributed by atoms with van der Waals surface area (Å²) in [5.41, 5.74) is 3.52. The van der Waals surface area contributed by atoms with Gasteiger partial charge in [0.1, 0.15) is 5.75 Å². The molecule has 1 unspecified atom stereocenters. The lowest BCUT2D eigenvalue weighted by molar-refractivity contribution is -0.141. The molecule has 0 saturated heterocycles. The molecule has 0 spiro atoms. The summed E-state index contributed by atoms with van der Waals surface area (Å²) < 4.78 is 5.27. The van der Waals surface area contributed by atoms with Crippen LogP contribution in [0.1, 0.15) is 23.6 Å². The highest BCUT2D eigenvalue weighted by molar-refractivity contribution is 5.92. The van der Waals surface area contributed by atoms with Crippen LogP contribution in [0.4, 0.5) is 5.69 Å². The van der Waals surface area contributed by atoms with Gasteiger partial charge in [-0.2, -0.15) is 0 Å². The number of ether oxygens (including phenoxy) is 1. The molecule has 5 nitrogen and oxygen atoms in total. The molecule has 0 aliphatic rings. The van der Waals surface area contributed by atoms with Crippen molar-refractivity contribution in [1.29, 1.82) is 0 Å². The molecule has 0 aromatic heterocycles. The lowest BCUT2D eigenvalue weighted by Crippen LogP contribution is -2.15. The Labute approximate surface area is 147 Å². The van der Waals surface area contributed by atoms with E-state index in [2.05, 4.69) is 5.32 Å². The molecule has 0 radical (unpaired) electrons. The maximum atomic E-state index is 12.2. The largest absolute Gasteiger partial charge is 0.496 e. The van der Waals surface area contributed by atoms with E-state index in [1.807, 2.05) is 37.3 Å². The van der Waals surface area contributed by atoms with Crippen LogP contribution >= 0.6 is 0 Å². The molecule has 25 heavy (non-hydrogen) atoms. The fraction of sp³-hybridized carbons (Fsp3) is 0.300. The van der Waals surface area contributed by atoms with Crippen molar-refractivity contribution in [2.45, 2.75) is 26.7 Å². The quantitative estimate of drug-likeness (QED) is 0.809. The Bertz CT molecular complexity index is 753. The molecule has 5 heteroatoms. The van der Waals surface area contributed by atoms with Crippen molar-refractivity contribution in [2.24, 2.45) is 5.92 Å². The van der Waals surface area contributed by atoms with Gasteiger partial charge in [-0.3, -0.25) is 9.59 Å². The Morgan fingerprint density at radius 2 is 1.76 bits per heavy atom. The van der Waals surface area contributed by atoms with Crippen molar-refractivity contribution < 1.29 is 19.4 Å². The summed E-state index contributed by atoms with van der Waals surface area (Å²) >= 11 is 0. The molecule has 2 N–H and O–H groups in total. The number of aryl methyl sites for hydroxylation is 1. The van der Waals surface area contributed by atoms with Crippen molar-refractivity contribution in [3.63, 3.8) is 0 Å². The first-order valence-electron chi connectivity index (χ1n) is 8.14. The first kappa shape index (κ1) is 18.5. The van der Waals surface area contributed by atoms with Gasteiger partial charge in [-0.05, 0) is 48.2 Å². The van der Waals surface area contributed by atoms with Crippen LogP contribution in [-0.4, -0.2) is 24.1 Å². The van der Waals surface area contributed by atoms with E-state index in [-0.39, 0.29) is 12.3 Å². The monoisotopic (exact) mass is 341 g/mol. The summed E-state index contributed by atoms with van der Waals surface area (Å²) in [6, 6.07) is 13.0. The lowest BCUT2D eigenvalue weighted by Gasteiger charge is -2.10. The van der Waals surface area contributed by atoms with E-state index < -0.39 is 11.9 Å². The first-order chi connectivity index (χ1) is 11.9. The van der Waals surface area contributed by atoms with Gasteiger partial charge in [0.2, 0.25) is 5.91 Å². The smallest absolute Gasteiger partial charge is 0.306 e. The van der Waals surface area contributed by atoms with E-state index in [0.29, 0.717) is 12.1 Å². The topological polar surface area (TPSA) is 75.6 Å². The zero-order chi connectivity index (χ0) is 18.4. The molecule has 2 rings (SSSR count). The van der Waals surface area contributed by atoms with Crippen LogP contribution in [0.5, 0.6) is 5.75 Å². The highest BCUT2D eigenvalue weighted by Gasteiger charge is 2.12. The number of aliphatic carboxylic acids is 1. The van der Waals surface area contributed by atoms with Crippen molar-refractivity contribution in [3.05, 3.63) is 59.2 Å². The molecule has 0 aliphatic carbocycles. The predicted molar refractivity (Wildman–Crippen MR) is 97.0 cm³/mol. The number of methoxy groups -OCH3 is 1. The van der Waals surface area contributed by atoms with Gasteiger partial charge in [0.05, 0.1) is 19.4 Å². The van der Waals surface area contributed by atoms with Crippen LogP contribution in [0.25, 0.3) is 0 Å². The minimum absolute atomic E-state index is 0.113. The Kier molecular flexibility index (Phi) is 6.17. The Morgan fingerprint density at radius 3 is 2.36 bits per heavy atom. The highest BCUT2D eigenvalue weighted by Crippen LogP contribution is 2.20. The number of carbonyl (C=O) groups is 2. The van der Waals surface area contributed by atoms with Crippen LogP contribution in [0.15, 0.2) is 42.5 Å². The van der Waals surface area contributed by atoms with Gasteiger partial charge in [0, 0.05) is 5.69 Å². The standard InChI is InChI=1S/C20H23NO4/c1-13-4-5-16(11-18(13)25-3)12-19(22)21-17-8-6-15(7-9-17)10-14(2)20(23)24/h4-9,11,14H,10,12H2,1-3H3,(H,21,22)(H,23,24). The summed E-state index contributed by atoms with van der Waals surface area (Å²) in [5, 5.41) is 11.8. The molecule has 132 valence electrons. The SMILES string of the molecule is COc1cc(CC(=O)Nc2ccc(CC(C)C(=O)O)cc2)ccc1C. The van der Waals surface area contributed by atoms with Crippen LogP contribution in [0, 0.1) is 12.8 Å². The number of hydrogen-bond donors (Lipinski definition) is 2. The van der Waals surface area contributed by atoms with Crippen LogP contribution in [0.3, 0.4) is 0 Å². The maximum absolute atomic E-state index is 12.2. The molecule has 1 amide bonds. The zero-order valence-corrected chi connectivity index (χ0v) is 14.7. The van der Waals surface area contributed by atoms with E-state index in [4.69, 9.17) is 9.84 Å². The fourth-order valence-corrected chi connectivity index (χ4v) is 2.53. The molecule has 0 fully saturated rings. The summed E-state index contributed by atoms with van der Waals surface area (Å²) in [4.78, 5) is 23.1. The number of anilines is 1. The van der Waals surface area contributed by atoms with E-state index in [9.17, 15) is 9.59 Å². The zero-order valence-electron chi connectivity index (χ0n) is 14.7. The third-order valence-corrected chi connectivity index (χ3v) is 4.04. The van der Waals surface area contributed by atoms with Gasteiger partial charge in [-0.1, -0.05) is 31.2 Å². The lowest BCUT2D eigenvalue weighted by atomic mass is 10.0. The molecule has 0 aliphatic heterocycles. The average molecular weight is 341 g/mol. The second kappa shape index (κ2) is 8.33. The normalized spacial score (nSPS) is 11.6. The highest BCUT2D eigenvalue weighted by atomic mass is 16.5. The number of carboxylic acid groups (broad SMARTS) is 1. The van der Waals surface area contributed by atoms with Crippen LogP contribution in [0.2, 0.25) is 0 Å². The van der Waals surface area contributed by atoms with E-state index in [1.54, 1.807) is 26.2 Å². The molecular formula is C20H23NO4. The molecular weight excluding hydrogens is 318 g/mol. The second-order valence-corrected chi connectivity index (χ2v) is 6.17. The molecule has 0 heterocycles. The number of carbonyl (C=O) groups excluding carboxylic acids is 1. The van der Waals surface area contributed by atoms with Gasteiger partial charge < -0.3 is 15.2 Å². The van der Waals surface area contributed by atoms with E-state index >= 15 is 0 Å². The number of carboxylic acids is 1. The van der Waals surface area contributed by atoms with E-state index in [0.717, 1.165) is 22.4 Å². The van der Waals surface area contributed by atoms with Crippen molar-refractivity contribution in [2.75, 3.05) is 12.4 Å². The molecule has 2 aromatic rings. The second-order valence-electron chi connectivity index (χ2n) is 6.17. The van der Waals surface area contributed by atoms with Crippen LogP contribution in [-0.2, 0) is 22.4 Å². The number of benzene rings is 2. The summed E-state index contributed by atoms with van der Waals surface area (Å²) in [7, 11) is 1.61. The minimum atomic E-state index is -0.814. The summed E-state index contributed by atoms with van der Waals surface area (Å²) in [5.74, 6) is -0.595. The molecule has 0 saturated carbocycles. The van der Waals surface area contributed by atoms with Gasteiger partial charge in [-0.15, -0.1) is 0 Å². The number of rotatable bonds is 7. The van der Waals surface area contributed by atoms with Gasteiger partial charge >= 0.3 is 5.97 Å². The van der Waals surface area contributed by atoms with Crippen LogP contribution < -0.4 is 10.1 Å². The van der Waals surface area contributed by atoms with Gasteiger partial charge in [-0.25, -0.2) is 0 Å². The molecule has 2 aromatic carbocycles. The average Bonchev–Trinajstić information content (AvgIpc) is 2.58. The third kappa shape index (κ3) is 5.35. The van der Waals surface area contributed by atoms with Crippen molar-refractivity contribution in [3.8, 4) is 5.75 Å². The summed E-state index contributed by atoms with van der Waals surface area (Å²) in [6.45, 7) is 3.63. The summed E-state index contributed by atoms with van der Waals surface area (Å²) in [6.07, 6.45) is 0.723. The number of amides is 1. The number of nitrogens with one attached hydrogen (secondary N) is 1. The number of hydrogen-bond acceptors (Lipinski definition) is 3. The molecule has 1 atom stereocenters. The molecule has 0 bridgehead atoms. The fourth-order valence-electron chi connectivity index (χ4n) is 2.53. The minimum Gasteiger partial charge on any atom is -0.496 e. The van der Waals surface area contributed by atoms with Crippen molar-refractivity contribution >= 4 is 17.6 Å². The Morgan fingerprint density at radius 1 is 1.12 bits per heavy atom. The van der Waals surface area contributed by atoms with Gasteiger partial charge in [0.25, 0.3) is 0 Å². The Balaban J connectivity index is 1.95. The van der Waals surface area contributed by atoms with E-state index in [1.165, 1.54) is 0 Å².